The van der Waals surface area contributed by atoms with Gasteiger partial charge < -0.3 is 9.64 Å². The smallest absolute Gasteiger partial charge is 0.262 e. The molecule has 0 aliphatic heterocycles. The van der Waals surface area contributed by atoms with Crippen LogP contribution in [0.3, 0.4) is 0 Å². The fraction of sp³-hybridized carbons (Fsp3) is 0.385. The van der Waals surface area contributed by atoms with Gasteiger partial charge in [0, 0.05) is 34.7 Å². The lowest BCUT2D eigenvalue weighted by molar-refractivity contribution is 0.0557. The normalized spacial score (nSPS) is 14.7. The second kappa shape index (κ2) is 8.96. The van der Waals surface area contributed by atoms with E-state index in [1.165, 1.54) is 6.42 Å². The van der Waals surface area contributed by atoms with Crippen LogP contribution in [0.25, 0.3) is 16.5 Å². The summed E-state index contributed by atoms with van der Waals surface area (Å²) < 4.78 is 6.82. The number of carbonyl (C=O) groups is 1. The Balaban J connectivity index is 1.87. The molecule has 0 spiro atoms. The van der Waals surface area contributed by atoms with Crippen LogP contribution in [0.2, 0.25) is 0 Å². The van der Waals surface area contributed by atoms with Crippen LogP contribution in [-0.4, -0.2) is 34.6 Å². The van der Waals surface area contributed by atoms with Crippen LogP contribution in [0.1, 0.15) is 56.3 Å². The molecule has 0 N–H and O–H groups in total. The monoisotopic (exact) mass is 418 g/mol. The number of amides is 1. The number of hydrogen-bond acceptors (Lipinski definition) is 3. The van der Waals surface area contributed by atoms with Gasteiger partial charge in [0.2, 0.25) is 0 Å². The van der Waals surface area contributed by atoms with Crippen LogP contribution in [0.4, 0.5) is 0 Å². The number of hydrogen-bond donors (Lipinski definition) is 0. The van der Waals surface area contributed by atoms with E-state index in [9.17, 15) is 9.59 Å². The largest absolute Gasteiger partial charge is 0.497 e. The Morgan fingerprint density at radius 1 is 1.00 bits per heavy atom. The first-order valence-corrected chi connectivity index (χ1v) is 11.1. The lowest BCUT2D eigenvalue weighted by Crippen LogP contribution is -2.46. The summed E-state index contributed by atoms with van der Waals surface area (Å²) in [4.78, 5) is 29.2. The quantitative estimate of drug-likeness (QED) is 0.573. The fourth-order valence-electron chi connectivity index (χ4n) is 4.72. The lowest BCUT2D eigenvalue weighted by Gasteiger charge is -2.37. The van der Waals surface area contributed by atoms with Gasteiger partial charge in [0.15, 0.2) is 0 Å². The van der Waals surface area contributed by atoms with Crippen molar-refractivity contribution in [3.8, 4) is 11.4 Å². The summed E-state index contributed by atoms with van der Waals surface area (Å²) in [7, 11) is 1.61. The predicted octanol–water partition coefficient (Wildman–Crippen LogP) is 5.18. The first kappa shape index (κ1) is 21.2. The first-order chi connectivity index (χ1) is 15.0. The van der Waals surface area contributed by atoms with E-state index in [1.54, 1.807) is 23.9 Å². The number of rotatable bonds is 5. The molecular formula is C26H30N2O3. The highest BCUT2D eigenvalue weighted by molar-refractivity contribution is 6.06. The number of benzene rings is 2. The molecule has 2 aromatic carbocycles. The molecule has 31 heavy (non-hydrogen) atoms. The number of carbonyl (C=O) groups excluding carboxylic acids is 1. The van der Waals surface area contributed by atoms with Crippen molar-refractivity contribution in [1.82, 2.24) is 9.47 Å². The molecule has 1 amide bonds. The molecule has 1 aliphatic rings. The minimum Gasteiger partial charge on any atom is -0.497 e. The average Bonchev–Trinajstić information content (AvgIpc) is 2.80. The summed E-state index contributed by atoms with van der Waals surface area (Å²) in [6.07, 6.45) is 7.36. The second-order valence-electron chi connectivity index (χ2n) is 8.56. The van der Waals surface area contributed by atoms with Gasteiger partial charge in [-0.1, -0.05) is 37.5 Å². The third-order valence-corrected chi connectivity index (χ3v) is 6.26. The summed E-state index contributed by atoms with van der Waals surface area (Å²) >= 11 is 0. The van der Waals surface area contributed by atoms with Gasteiger partial charge in [0.05, 0.1) is 12.7 Å². The molecule has 1 fully saturated rings. The zero-order valence-corrected chi connectivity index (χ0v) is 18.5. The van der Waals surface area contributed by atoms with Crippen molar-refractivity contribution >= 4 is 16.7 Å². The van der Waals surface area contributed by atoms with Crippen LogP contribution in [0.15, 0.2) is 59.5 Å². The summed E-state index contributed by atoms with van der Waals surface area (Å²) in [5, 5.41) is 1.26. The number of ether oxygens (including phenoxy) is 1. The van der Waals surface area contributed by atoms with Crippen molar-refractivity contribution in [2.75, 3.05) is 7.11 Å². The minimum atomic E-state index is -0.133. The molecule has 5 heteroatoms. The van der Waals surface area contributed by atoms with Crippen molar-refractivity contribution in [1.29, 1.82) is 0 Å². The zero-order chi connectivity index (χ0) is 22.0. The number of fused-ring (bicyclic) bond motifs is 1. The van der Waals surface area contributed by atoms with Gasteiger partial charge in [-0.15, -0.1) is 0 Å². The average molecular weight is 419 g/mol. The molecular weight excluding hydrogens is 388 g/mol. The summed E-state index contributed by atoms with van der Waals surface area (Å²) in [6, 6.07) is 15.1. The van der Waals surface area contributed by atoms with E-state index < -0.39 is 0 Å². The molecule has 4 rings (SSSR count). The Labute approximate surface area is 183 Å². The number of nitrogens with zero attached hydrogens (tertiary/aromatic N) is 2. The third kappa shape index (κ3) is 4.09. The fourth-order valence-corrected chi connectivity index (χ4v) is 4.72. The van der Waals surface area contributed by atoms with E-state index in [4.69, 9.17) is 4.74 Å². The van der Waals surface area contributed by atoms with Crippen molar-refractivity contribution in [2.24, 2.45) is 0 Å². The van der Waals surface area contributed by atoms with Crippen molar-refractivity contribution < 1.29 is 9.53 Å². The second-order valence-corrected chi connectivity index (χ2v) is 8.56. The van der Waals surface area contributed by atoms with Crippen molar-refractivity contribution in [3.05, 3.63) is 70.6 Å². The van der Waals surface area contributed by atoms with E-state index in [0.717, 1.165) is 31.4 Å². The number of aromatic nitrogens is 1. The van der Waals surface area contributed by atoms with Crippen molar-refractivity contribution in [2.45, 2.75) is 58.0 Å². The van der Waals surface area contributed by atoms with E-state index in [-0.39, 0.29) is 23.6 Å². The van der Waals surface area contributed by atoms with Gasteiger partial charge in [0.1, 0.15) is 5.75 Å². The highest BCUT2D eigenvalue weighted by atomic mass is 16.5. The Morgan fingerprint density at radius 2 is 1.65 bits per heavy atom. The number of pyridine rings is 1. The van der Waals surface area contributed by atoms with Crippen LogP contribution in [-0.2, 0) is 0 Å². The standard InChI is InChI=1S/C26H30N2O3/c1-18(2)28(20-9-5-4-6-10-20)26(30)24-17-27(19-13-15-21(31-3)16-14-19)25(29)23-12-8-7-11-22(23)24/h7-8,11-18,20H,4-6,9-10H2,1-3H3. The molecule has 1 aromatic heterocycles. The van der Waals surface area contributed by atoms with E-state index in [2.05, 4.69) is 13.8 Å². The van der Waals surface area contributed by atoms with Gasteiger partial charge in [0.25, 0.3) is 11.5 Å². The summed E-state index contributed by atoms with van der Waals surface area (Å²) in [6.45, 7) is 4.16. The zero-order valence-electron chi connectivity index (χ0n) is 18.5. The molecule has 0 unspecified atom stereocenters. The predicted molar refractivity (Wildman–Crippen MR) is 124 cm³/mol. The maximum Gasteiger partial charge on any atom is 0.262 e. The van der Waals surface area contributed by atoms with E-state index in [1.807, 2.05) is 47.4 Å². The summed E-state index contributed by atoms with van der Waals surface area (Å²) in [5.41, 5.74) is 1.15. The molecule has 0 saturated heterocycles. The van der Waals surface area contributed by atoms with E-state index >= 15 is 0 Å². The van der Waals surface area contributed by atoms with Crippen LogP contribution in [0, 0.1) is 0 Å². The molecule has 162 valence electrons. The van der Waals surface area contributed by atoms with Gasteiger partial charge in [-0.05, 0) is 57.0 Å². The highest BCUT2D eigenvalue weighted by Gasteiger charge is 2.30. The SMILES string of the molecule is COc1ccc(-n2cc(C(=O)N(C(C)C)C3CCCCC3)c3ccccc3c2=O)cc1. The maximum absolute atomic E-state index is 13.9. The number of methoxy groups -OCH3 is 1. The van der Waals surface area contributed by atoms with Crippen molar-refractivity contribution in [3.63, 3.8) is 0 Å². The molecule has 0 bridgehead atoms. The molecule has 5 nitrogen and oxygen atoms in total. The Morgan fingerprint density at radius 3 is 2.26 bits per heavy atom. The lowest BCUT2D eigenvalue weighted by atomic mass is 9.92. The van der Waals surface area contributed by atoms with Gasteiger partial charge in [-0.25, -0.2) is 0 Å². The van der Waals surface area contributed by atoms with Crippen LogP contribution < -0.4 is 10.3 Å². The van der Waals surface area contributed by atoms with Crippen LogP contribution in [0.5, 0.6) is 5.75 Å². The topological polar surface area (TPSA) is 51.5 Å². The Hall–Kier alpha value is -3.08. The van der Waals surface area contributed by atoms with Gasteiger partial charge in [-0.3, -0.25) is 14.2 Å². The summed E-state index contributed by atoms with van der Waals surface area (Å²) in [5.74, 6) is 0.720. The van der Waals surface area contributed by atoms with Crippen LogP contribution >= 0.6 is 0 Å². The van der Waals surface area contributed by atoms with E-state index in [0.29, 0.717) is 22.0 Å². The maximum atomic E-state index is 13.9. The molecule has 1 aliphatic carbocycles. The Kier molecular flexibility index (Phi) is 6.12. The molecule has 0 radical (unpaired) electrons. The highest BCUT2D eigenvalue weighted by Crippen LogP contribution is 2.28. The molecule has 1 heterocycles. The first-order valence-electron chi connectivity index (χ1n) is 11.1. The molecule has 1 saturated carbocycles. The third-order valence-electron chi connectivity index (χ3n) is 6.26. The van der Waals surface area contributed by atoms with Gasteiger partial charge >= 0.3 is 0 Å². The minimum absolute atomic E-state index is 0.000335. The molecule has 0 atom stereocenters. The Bertz CT molecular complexity index is 1130. The van der Waals surface area contributed by atoms with Gasteiger partial charge in [-0.2, -0.15) is 0 Å². The molecule has 3 aromatic rings.